The lowest BCUT2D eigenvalue weighted by molar-refractivity contribution is -0.138. The first kappa shape index (κ1) is 19.1. The molecule has 3 aromatic rings. The number of hydrogen-bond donors (Lipinski definition) is 4. The van der Waals surface area contributed by atoms with Crippen molar-refractivity contribution in [3.8, 4) is 0 Å². The maximum Gasteiger partial charge on any atom is 0.320 e. The molecule has 0 aliphatic carbocycles. The molecule has 2 aromatic carbocycles. The molecule has 0 saturated heterocycles. The fourth-order valence-electron chi connectivity index (χ4n) is 2.69. The van der Waals surface area contributed by atoms with E-state index in [1.165, 1.54) is 6.20 Å². The molecule has 1 heterocycles. The number of rotatable bonds is 7. The second-order valence-corrected chi connectivity index (χ2v) is 6.15. The van der Waals surface area contributed by atoms with Crippen LogP contribution in [0.3, 0.4) is 0 Å². The fraction of sp³-hybridized carbons (Fsp3) is 0.0952. The summed E-state index contributed by atoms with van der Waals surface area (Å²) in [4.78, 5) is 27.9. The van der Waals surface area contributed by atoms with Crippen LogP contribution in [0.25, 0.3) is 0 Å². The van der Waals surface area contributed by atoms with E-state index in [2.05, 4.69) is 15.6 Å². The summed E-state index contributed by atoms with van der Waals surface area (Å²) in [5.74, 6) is -1.42. The lowest BCUT2D eigenvalue weighted by Gasteiger charge is -2.15. The molecule has 142 valence electrons. The van der Waals surface area contributed by atoms with Crippen molar-refractivity contribution in [3.05, 3.63) is 84.2 Å². The highest BCUT2D eigenvalue weighted by Crippen LogP contribution is 2.24. The number of amides is 1. The van der Waals surface area contributed by atoms with Gasteiger partial charge in [0.25, 0.3) is 5.91 Å². The number of benzene rings is 2. The van der Waals surface area contributed by atoms with E-state index < -0.39 is 12.0 Å². The van der Waals surface area contributed by atoms with E-state index in [1.807, 2.05) is 24.3 Å². The monoisotopic (exact) mass is 376 g/mol. The Hall–Kier alpha value is -3.71. The van der Waals surface area contributed by atoms with Crippen LogP contribution in [0.5, 0.6) is 0 Å². The first-order valence-corrected chi connectivity index (χ1v) is 8.69. The van der Waals surface area contributed by atoms with Crippen molar-refractivity contribution >= 4 is 28.9 Å². The molecule has 0 radical (unpaired) electrons. The largest absolute Gasteiger partial charge is 0.480 e. The summed E-state index contributed by atoms with van der Waals surface area (Å²) >= 11 is 0. The number of hydrogen-bond acceptors (Lipinski definition) is 5. The fourth-order valence-corrected chi connectivity index (χ4v) is 2.69. The van der Waals surface area contributed by atoms with Gasteiger partial charge in [-0.15, -0.1) is 0 Å². The third-order valence-corrected chi connectivity index (χ3v) is 4.10. The molecule has 3 rings (SSSR count). The van der Waals surface area contributed by atoms with Crippen LogP contribution < -0.4 is 16.4 Å². The lowest BCUT2D eigenvalue weighted by atomic mass is 10.0. The van der Waals surface area contributed by atoms with Gasteiger partial charge in [0, 0.05) is 24.0 Å². The Bertz CT molecular complexity index is 976. The smallest absolute Gasteiger partial charge is 0.320 e. The van der Waals surface area contributed by atoms with Gasteiger partial charge in [-0.05, 0) is 35.9 Å². The number of nitrogens with zero attached hydrogens (tertiary/aromatic N) is 1. The van der Waals surface area contributed by atoms with Gasteiger partial charge in [-0.2, -0.15) is 0 Å². The number of aromatic nitrogens is 1. The van der Waals surface area contributed by atoms with E-state index in [4.69, 9.17) is 10.8 Å². The molecule has 0 aliphatic rings. The number of nitrogens with one attached hydrogen (secondary N) is 2. The van der Waals surface area contributed by atoms with Gasteiger partial charge in [0.1, 0.15) is 6.04 Å². The summed E-state index contributed by atoms with van der Waals surface area (Å²) in [5.41, 5.74) is 8.47. The Morgan fingerprint density at radius 2 is 1.64 bits per heavy atom. The average Bonchev–Trinajstić information content (AvgIpc) is 2.70. The third kappa shape index (κ3) is 4.72. The van der Waals surface area contributed by atoms with Crippen molar-refractivity contribution in [2.45, 2.75) is 12.5 Å². The van der Waals surface area contributed by atoms with Crippen LogP contribution in [0.1, 0.15) is 16.1 Å². The van der Waals surface area contributed by atoms with Crippen LogP contribution in [-0.4, -0.2) is 28.0 Å². The van der Waals surface area contributed by atoms with E-state index in [-0.39, 0.29) is 18.0 Å². The number of carbonyl (C=O) groups is 2. The van der Waals surface area contributed by atoms with Gasteiger partial charge in [-0.25, -0.2) is 4.98 Å². The predicted molar refractivity (Wildman–Crippen MR) is 108 cm³/mol. The average molecular weight is 376 g/mol. The summed E-state index contributed by atoms with van der Waals surface area (Å²) in [6.07, 6.45) is 1.70. The van der Waals surface area contributed by atoms with Crippen LogP contribution >= 0.6 is 0 Å². The predicted octanol–water partition coefficient (Wildman–Crippen LogP) is 3.03. The molecule has 0 spiro atoms. The molecule has 0 aliphatic heterocycles. The summed E-state index contributed by atoms with van der Waals surface area (Å²) in [6, 6.07) is 18.8. The molecule has 1 atom stereocenters. The van der Waals surface area contributed by atoms with Crippen molar-refractivity contribution in [3.63, 3.8) is 0 Å². The van der Waals surface area contributed by atoms with Crippen LogP contribution in [0.15, 0.2) is 72.9 Å². The van der Waals surface area contributed by atoms with Crippen LogP contribution in [-0.2, 0) is 11.2 Å². The van der Waals surface area contributed by atoms with Gasteiger partial charge in [-0.3, -0.25) is 9.59 Å². The molecule has 7 heteroatoms. The zero-order chi connectivity index (χ0) is 19.9. The Kier molecular flexibility index (Phi) is 5.98. The van der Waals surface area contributed by atoms with E-state index in [9.17, 15) is 9.59 Å². The zero-order valence-corrected chi connectivity index (χ0v) is 15.0. The van der Waals surface area contributed by atoms with Crippen LogP contribution in [0.4, 0.5) is 17.1 Å². The van der Waals surface area contributed by atoms with E-state index >= 15 is 0 Å². The van der Waals surface area contributed by atoms with Crippen molar-refractivity contribution in [1.82, 2.24) is 4.98 Å². The van der Waals surface area contributed by atoms with Gasteiger partial charge in [0.05, 0.1) is 5.69 Å². The Morgan fingerprint density at radius 1 is 0.964 bits per heavy atom. The number of carboxylic acid groups (broad SMARTS) is 1. The van der Waals surface area contributed by atoms with Gasteiger partial charge >= 0.3 is 5.97 Å². The van der Waals surface area contributed by atoms with Gasteiger partial charge in [0.2, 0.25) is 0 Å². The molecule has 0 unspecified atom stereocenters. The van der Waals surface area contributed by atoms with Crippen LogP contribution in [0.2, 0.25) is 0 Å². The minimum absolute atomic E-state index is 0.157. The highest BCUT2D eigenvalue weighted by atomic mass is 16.4. The second-order valence-electron chi connectivity index (χ2n) is 6.15. The number of pyridine rings is 1. The molecule has 0 saturated carbocycles. The highest BCUT2D eigenvalue weighted by Gasteiger charge is 2.17. The van der Waals surface area contributed by atoms with Crippen molar-refractivity contribution in [2.24, 2.45) is 5.73 Å². The molecular formula is C21H20N4O3. The topological polar surface area (TPSA) is 117 Å². The maximum atomic E-state index is 12.7. The number of carbonyl (C=O) groups excluding carboxylic acids is 1. The van der Waals surface area contributed by atoms with Crippen molar-refractivity contribution < 1.29 is 14.7 Å². The molecule has 1 aromatic heterocycles. The summed E-state index contributed by atoms with van der Waals surface area (Å²) < 4.78 is 0. The minimum Gasteiger partial charge on any atom is -0.480 e. The molecule has 7 nitrogen and oxygen atoms in total. The number of nitrogens with two attached hydrogens (primary N) is 1. The quantitative estimate of drug-likeness (QED) is 0.503. The molecule has 1 amide bonds. The van der Waals surface area contributed by atoms with Crippen molar-refractivity contribution in [1.29, 1.82) is 0 Å². The number of carboxylic acids is 1. The Labute approximate surface area is 162 Å². The first-order chi connectivity index (χ1) is 13.5. The number of aliphatic carboxylic acids is 1. The van der Waals surface area contributed by atoms with Crippen molar-refractivity contribution in [2.75, 3.05) is 10.6 Å². The summed E-state index contributed by atoms with van der Waals surface area (Å²) in [5, 5.41) is 15.1. The zero-order valence-electron chi connectivity index (χ0n) is 15.0. The van der Waals surface area contributed by atoms with E-state index in [1.54, 1.807) is 42.5 Å². The molecule has 0 fully saturated rings. The number of anilines is 3. The molecule has 0 bridgehead atoms. The van der Waals surface area contributed by atoms with E-state index in [0.29, 0.717) is 17.1 Å². The molecular weight excluding hydrogens is 356 g/mol. The Balaban J connectivity index is 1.84. The lowest BCUT2D eigenvalue weighted by Crippen LogP contribution is -2.32. The normalized spacial score (nSPS) is 11.5. The van der Waals surface area contributed by atoms with E-state index in [0.717, 1.165) is 5.56 Å². The standard InChI is InChI=1S/C21H20N4O3/c22-16(21(27)28)13-14-7-4-5-10-17(14)25-18-11-6-12-23-19(18)20(26)24-15-8-2-1-3-9-15/h1-12,16,25H,13,22H2,(H,24,26)(H,27,28)/t16-/m0/s1. The minimum atomic E-state index is -1.07. The number of para-hydroxylation sites is 2. The molecule has 28 heavy (non-hydrogen) atoms. The third-order valence-electron chi connectivity index (χ3n) is 4.10. The van der Waals surface area contributed by atoms with Crippen LogP contribution in [0, 0.1) is 0 Å². The summed E-state index contributed by atoms with van der Waals surface area (Å²) in [6.45, 7) is 0. The highest BCUT2D eigenvalue weighted by molar-refractivity contribution is 6.06. The summed E-state index contributed by atoms with van der Waals surface area (Å²) in [7, 11) is 0. The molecule has 5 N–H and O–H groups in total. The van der Waals surface area contributed by atoms with Gasteiger partial charge in [-0.1, -0.05) is 36.4 Å². The SMILES string of the molecule is N[C@@H](Cc1ccccc1Nc1cccnc1C(=O)Nc1ccccc1)C(=O)O. The second kappa shape index (κ2) is 8.79. The first-order valence-electron chi connectivity index (χ1n) is 8.69. The van der Waals surface area contributed by atoms with Gasteiger partial charge in [0.15, 0.2) is 5.69 Å². The van der Waals surface area contributed by atoms with Gasteiger partial charge < -0.3 is 21.5 Å². The maximum absolute atomic E-state index is 12.7. The Morgan fingerprint density at radius 3 is 2.39 bits per heavy atom.